The van der Waals surface area contributed by atoms with Gasteiger partial charge in [-0.1, -0.05) is 12.1 Å². The number of nitrogens with zero attached hydrogens (tertiary/aromatic N) is 1. The highest BCUT2D eigenvalue weighted by atomic mass is 16.5. The number of aryl methyl sites for hydroxylation is 1. The molecule has 0 saturated carbocycles. The minimum atomic E-state index is -0.112. The summed E-state index contributed by atoms with van der Waals surface area (Å²) in [7, 11) is 1.65. The van der Waals surface area contributed by atoms with Crippen LogP contribution in [0.4, 0.5) is 0 Å². The Kier molecular flexibility index (Phi) is 4.96. The third kappa shape index (κ3) is 3.71. The number of ether oxygens (including phenoxy) is 2. The van der Waals surface area contributed by atoms with Gasteiger partial charge in [-0.3, -0.25) is 4.98 Å². The molecular weight excluding hydrogens is 254 g/mol. The van der Waals surface area contributed by atoms with E-state index in [2.05, 4.69) is 4.98 Å². The van der Waals surface area contributed by atoms with Crippen LogP contribution in [-0.4, -0.2) is 23.8 Å². The normalized spacial score (nSPS) is 10.3. The second-order valence-corrected chi connectivity index (χ2v) is 4.50. The van der Waals surface area contributed by atoms with Gasteiger partial charge in [0.1, 0.15) is 17.2 Å². The predicted molar refractivity (Wildman–Crippen MR) is 77.1 cm³/mol. The zero-order valence-electron chi connectivity index (χ0n) is 11.8. The van der Waals surface area contributed by atoms with E-state index in [1.54, 1.807) is 7.11 Å². The van der Waals surface area contributed by atoms with Crippen molar-refractivity contribution < 1.29 is 14.6 Å². The molecule has 0 aliphatic carbocycles. The lowest BCUT2D eigenvalue weighted by Crippen LogP contribution is -2.05. The first-order valence-electron chi connectivity index (χ1n) is 6.56. The molecule has 4 heteroatoms. The van der Waals surface area contributed by atoms with E-state index in [1.807, 2.05) is 43.3 Å². The molecule has 0 aliphatic heterocycles. The van der Waals surface area contributed by atoms with Gasteiger partial charge in [0, 0.05) is 12.1 Å². The first kappa shape index (κ1) is 14.3. The van der Waals surface area contributed by atoms with Gasteiger partial charge in [-0.2, -0.15) is 0 Å². The number of rotatable bonds is 6. The average Bonchev–Trinajstić information content (AvgIpc) is 2.49. The first-order chi connectivity index (χ1) is 9.72. The maximum atomic E-state index is 9.26. The topological polar surface area (TPSA) is 51.6 Å². The summed E-state index contributed by atoms with van der Waals surface area (Å²) in [5, 5.41) is 9.26. The Bertz CT molecular complexity index is 552. The van der Waals surface area contributed by atoms with Gasteiger partial charge in [-0.05, 0) is 36.8 Å². The fraction of sp³-hybridized carbons (Fsp3) is 0.312. The second-order valence-electron chi connectivity index (χ2n) is 4.50. The number of aliphatic hydroxyl groups excluding tert-OH is 1. The van der Waals surface area contributed by atoms with Crippen LogP contribution in [0.1, 0.15) is 17.0 Å². The molecule has 0 radical (unpaired) electrons. The quantitative estimate of drug-likeness (QED) is 0.878. The summed E-state index contributed by atoms with van der Waals surface area (Å²) in [6.45, 7) is 2.32. The highest BCUT2D eigenvalue weighted by molar-refractivity contribution is 5.29. The lowest BCUT2D eigenvalue weighted by molar-refractivity contribution is 0.258. The molecule has 106 valence electrons. The summed E-state index contributed by atoms with van der Waals surface area (Å²) in [6, 6.07) is 11.6. The fourth-order valence-electron chi connectivity index (χ4n) is 1.91. The Morgan fingerprint density at radius 1 is 1.10 bits per heavy atom. The third-order valence-electron chi connectivity index (χ3n) is 3.03. The second kappa shape index (κ2) is 6.91. The molecule has 0 unspecified atom stereocenters. The fourth-order valence-corrected chi connectivity index (χ4v) is 1.91. The van der Waals surface area contributed by atoms with Crippen molar-refractivity contribution in [3.8, 4) is 11.5 Å². The van der Waals surface area contributed by atoms with Crippen LogP contribution in [0.2, 0.25) is 0 Å². The Morgan fingerprint density at radius 3 is 2.50 bits per heavy atom. The molecule has 0 aliphatic rings. The van der Waals surface area contributed by atoms with E-state index >= 15 is 0 Å². The van der Waals surface area contributed by atoms with Crippen molar-refractivity contribution in [3.05, 3.63) is 53.3 Å². The van der Waals surface area contributed by atoms with Gasteiger partial charge in [-0.25, -0.2) is 0 Å². The highest BCUT2D eigenvalue weighted by Gasteiger charge is 2.05. The molecule has 0 spiro atoms. The van der Waals surface area contributed by atoms with Gasteiger partial charge in [0.05, 0.1) is 20.3 Å². The van der Waals surface area contributed by atoms with Crippen LogP contribution in [-0.2, 0) is 13.0 Å². The van der Waals surface area contributed by atoms with Crippen LogP contribution in [0, 0.1) is 6.92 Å². The number of benzene rings is 1. The summed E-state index contributed by atoms with van der Waals surface area (Å²) in [5.41, 5.74) is 2.63. The Balaban J connectivity index is 1.92. The monoisotopic (exact) mass is 273 g/mol. The molecule has 2 aromatic rings. The smallest absolute Gasteiger partial charge is 0.143 e. The molecule has 1 N–H and O–H groups in total. The maximum Gasteiger partial charge on any atom is 0.143 e. The predicted octanol–water partition coefficient (Wildman–Crippen LogP) is 2.51. The van der Waals surface area contributed by atoms with Crippen molar-refractivity contribution in [2.75, 3.05) is 13.7 Å². The lowest BCUT2D eigenvalue weighted by atomic mass is 10.1. The van der Waals surface area contributed by atoms with E-state index in [9.17, 15) is 5.11 Å². The first-order valence-corrected chi connectivity index (χ1v) is 6.56. The van der Waals surface area contributed by atoms with Crippen molar-refractivity contribution in [1.82, 2.24) is 4.98 Å². The Hall–Kier alpha value is -2.07. The van der Waals surface area contributed by atoms with Gasteiger partial charge in [0.15, 0.2) is 0 Å². The summed E-state index contributed by atoms with van der Waals surface area (Å²) < 4.78 is 10.8. The zero-order chi connectivity index (χ0) is 14.4. The van der Waals surface area contributed by atoms with Gasteiger partial charge in [-0.15, -0.1) is 0 Å². The van der Waals surface area contributed by atoms with E-state index in [0.717, 1.165) is 17.9 Å². The van der Waals surface area contributed by atoms with Crippen molar-refractivity contribution in [2.24, 2.45) is 0 Å². The molecule has 0 fully saturated rings. The van der Waals surface area contributed by atoms with E-state index in [-0.39, 0.29) is 6.61 Å². The molecule has 0 amide bonds. The van der Waals surface area contributed by atoms with Crippen LogP contribution in [0.5, 0.6) is 11.5 Å². The number of aliphatic hydroxyl groups is 1. The standard InChI is InChI=1S/C16H19NO3/c1-12-3-8-16(15(11-18)17-12)20-10-9-13-4-6-14(19-2)7-5-13/h3-8,18H,9-11H2,1-2H3. The molecule has 4 nitrogen and oxygen atoms in total. The van der Waals surface area contributed by atoms with Crippen LogP contribution in [0.15, 0.2) is 36.4 Å². The van der Waals surface area contributed by atoms with Crippen LogP contribution < -0.4 is 9.47 Å². The summed E-state index contributed by atoms with van der Waals surface area (Å²) in [4.78, 5) is 4.25. The van der Waals surface area contributed by atoms with Crippen LogP contribution in [0.3, 0.4) is 0 Å². The molecule has 1 aromatic carbocycles. The minimum Gasteiger partial charge on any atom is -0.497 e. The molecular formula is C16H19NO3. The maximum absolute atomic E-state index is 9.26. The lowest BCUT2D eigenvalue weighted by Gasteiger charge is -2.10. The van der Waals surface area contributed by atoms with Gasteiger partial charge < -0.3 is 14.6 Å². The molecule has 0 bridgehead atoms. The van der Waals surface area contributed by atoms with Crippen molar-refractivity contribution >= 4 is 0 Å². The van der Waals surface area contributed by atoms with Crippen LogP contribution in [0.25, 0.3) is 0 Å². The molecule has 1 aromatic heterocycles. The largest absolute Gasteiger partial charge is 0.497 e. The van der Waals surface area contributed by atoms with Gasteiger partial charge in [0.2, 0.25) is 0 Å². The SMILES string of the molecule is COc1ccc(CCOc2ccc(C)nc2CO)cc1. The number of hydrogen-bond acceptors (Lipinski definition) is 4. The number of pyridine rings is 1. The van der Waals surface area contributed by atoms with E-state index in [4.69, 9.17) is 9.47 Å². The molecule has 1 heterocycles. The van der Waals surface area contributed by atoms with E-state index in [0.29, 0.717) is 18.1 Å². The van der Waals surface area contributed by atoms with Crippen molar-refractivity contribution in [2.45, 2.75) is 20.0 Å². The molecule has 20 heavy (non-hydrogen) atoms. The number of aromatic nitrogens is 1. The number of methoxy groups -OCH3 is 1. The molecule has 2 rings (SSSR count). The molecule has 0 atom stereocenters. The van der Waals surface area contributed by atoms with E-state index in [1.165, 1.54) is 5.56 Å². The zero-order valence-corrected chi connectivity index (χ0v) is 11.8. The Morgan fingerprint density at radius 2 is 1.85 bits per heavy atom. The summed E-state index contributed by atoms with van der Waals surface area (Å²) in [6.07, 6.45) is 0.794. The molecule has 0 saturated heterocycles. The number of hydrogen-bond donors (Lipinski definition) is 1. The summed E-state index contributed by atoms with van der Waals surface area (Å²) in [5.74, 6) is 1.49. The van der Waals surface area contributed by atoms with Gasteiger partial charge >= 0.3 is 0 Å². The van der Waals surface area contributed by atoms with Crippen molar-refractivity contribution in [3.63, 3.8) is 0 Å². The summed E-state index contributed by atoms with van der Waals surface area (Å²) >= 11 is 0. The highest BCUT2D eigenvalue weighted by Crippen LogP contribution is 2.17. The van der Waals surface area contributed by atoms with Crippen LogP contribution >= 0.6 is 0 Å². The van der Waals surface area contributed by atoms with Gasteiger partial charge in [0.25, 0.3) is 0 Å². The Labute approximate surface area is 119 Å². The van der Waals surface area contributed by atoms with Crippen molar-refractivity contribution in [1.29, 1.82) is 0 Å². The minimum absolute atomic E-state index is 0.112. The average molecular weight is 273 g/mol. The van der Waals surface area contributed by atoms with E-state index < -0.39 is 0 Å². The third-order valence-corrected chi connectivity index (χ3v) is 3.03.